The van der Waals surface area contributed by atoms with E-state index in [1.807, 2.05) is 43.0 Å². The lowest BCUT2D eigenvalue weighted by Gasteiger charge is -2.35. The van der Waals surface area contributed by atoms with Crippen LogP contribution in [-0.2, 0) is 0 Å². The zero-order chi connectivity index (χ0) is 17.3. The summed E-state index contributed by atoms with van der Waals surface area (Å²) in [5.74, 6) is 0.0767. The molecule has 0 spiro atoms. The van der Waals surface area contributed by atoms with E-state index in [4.69, 9.17) is 0 Å². The first-order chi connectivity index (χ1) is 11.4. The van der Waals surface area contributed by atoms with E-state index in [0.717, 1.165) is 40.8 Å². The average molecular weight is 327 g/mol. The molecule has 1 aromatic carbocycles. The van der Waals surface area contributed by atoms with Crippen molar-refractivity contribution in [2.24, 2.45) is 0 Å². The standard InChI is InChI=1S/C19H25N3O2/c1-13-4-5-18-16(10-13)17(11-14(2)20-18)19(24)22-8-6-21(7-9-22)12-15(3)23/h4-5,10-11,15,23H,6-9,12H2,1-3H3/t15-/m0/s1. The Hall–Kier alpha value is -1.98. The fraction of sp³-hybridized carbons (Fsp3) is 0.474. The molecular formula is C19H25N3O2. The summed E-state index contributed by atoms with van der Waals surface area (Å²) in [5.41, 5.74) is 3.60. The minimum absolute atomic E-state index is 0.0767. The zero-order valence-corrected chi connectivity index (χ0v) is 14.6. The maximum absolute atomic E-state index is 13.0. The van der Waals surface area contributed by atoms with Crippen LogP contribution in [0.3, 0.4) is 0 Å². The van der Waals surface area contributed by atoms with Gasteiger partial charge < -0.3 is 10.0 Å². The summed E-state index contributed by atoms with van der Waals surface area (Å²) < 4.78 is 0. The molecule has 1 saturated heterocycles. The molecule has 2 aromatic rings. The Labute approximate surface area is 142 Å². The highest BCUT2D eigenvalue weighted by atomic mass is 16.3. The van der Waals surface area contributed by atoms with Crippen LogP contribution in [0.4, 0.5) is 0 Å². The molecule has 1 aromatic heterocycles. The van der Waals surface area contributed by atoms with Crippen LogP contribution < -0.4 is 0 Å². The number of aryl methyl sites for hydroxylation is 2. The molecule has 1 aliphatic rings. The zero-order valence-electron chi connectivity index (χ0n) is 14.6. The largest absolute Gasteiger partial charge is 0.392 e. The number of rotatable bonds is 3. The van der Waals surface area contributed by atoms with Crippen LogP contribution in [0, 0.1) is 13.8 Å². The van der Waals surface area contributed by atoms with Crippen molar-refractivity contribution in [1.82, 2.24) is 14.8 Å². The van der Waals surface area contributed by atoms with Crippen LogP contribution in [0.5, 0.6) is 0 Å². The molecule has 1 N–H and O–H groups in total. The molecule has 128 valence electrons. The van der Waals surface area contributed by atoms with Crippen molar-refractivity contribution in [2.45, 2.75) is 26.9 Å². The third-order valence-electron chi connectivity index (χ3n) is 4.50. The average Bonchev–Trinajstić information content (AvgIpc) is 2.54. The van der Waals surface area contributed by atoms with Crippen LogP contribution >= 0.6 is 0 Å². The summed E-state index contributed by atoms with van der Waals surface area (Å²) in [6.07, 6.45) is -0.331. The first-order valence-corrected chi connectivity index (χ1v) is 8.52. The minimum atomic E-state index is -0.331. The predicted octanol–water partition coefficient (Wildman–Crippen LogP) is 1.99. The van der Waals surface area contributed by atoms with Crippen molar-refractivity contribution in [2.75, 3.05) is 32.7 Å². The van der Waals surface area contributed by atoms with Gasteiger partial charge in [-0.15, -0.1) is 0 Å². The number of hydrogen-bond donors (Lipinski definition) is 1. The molecule has 24 heavy (non-hydrogen) atoms. The number of benzene rings is 1. The summed E-state index contributed by atoms with van der Waals surface area (Å²) in [6, 6.07) is 7.94. The number of pyridine rings is 1. The SMILES string of the molecule is Cc1ccc2nc(C)cc(C(=O)N3CCN(C[C@H](C)O)CC3)c2c1. The molecule has 0 saturated carbocycles. The fourth-order valence-electron chi connectivity index (χ4n) is 3.33. The third kappa shape index (κ3) is 3.57. The van der Waals surface area contributed by atoms with Gasteiger partial charge in [-0.1, -0.05) is 11.6 Å². The summed E-state index contributed by atoms with van der Waals surface area (Å²) in [6.45, 7) is 9.42. The molecule has 2 heterocycles. The van der Waals surface area contributed by atoms with Crippen molar-refractivity contribution >= 4 is 16.8 Å². The number of carbonyl (C=O) groups is 1. The number of aliphatic hydroxyl groups excluding tert-OH is 1. The van der Waals surface area contributed by atoms with Crippen molar-refractivity contribution in [3.8, 4) is 0 Å². The number of piperazine rings is 1. The molecule has 5 heteroatoms. The van der Waals surface area contributed by atoms with Gasteiger partial charge in [0.05, 0.1) is 17.2 Å². The van der Waals surface area contributed by atoms with E-state index in [2.05, 4.69) is 9.88 Å². The first-order valence-electron chi connectivity index (χ1n) is 8.52. The van der Waals surface area contributed by atoms with E-state index >= 15 is 0 Å². The van der Waals surface area contributed by atoms with Crippen LogP contribution in [0.25, 0.3) is 10.9 Å². The number of hydrogen-bond acceptors (Lipinski definition) is 4. The molecule has 0 unspecified atom stereocenters. The molecule has 0 aliphatic carbocycles. The molecule has 0 radical (unpaired) electrons. The van der Waals surface area contributed by atoms with Crippen LogP contribution in [0.1, 0.15) is 28.5 Å². The monoisotopic (exact) mass is 327 g/mol. The Bertz CT molecular complexity index is 750. The molecule has 5 nitrogen and oxygen atoms in total. The number of nitrogens with zero attached hydrogens (tertiary/aromatic N) is 3. The van der Waals surface area contributed by atoms with Crippen molar-refractivity contribution in [3.63, 3.8) is 0 Å². The normalized spacial score (nSPS) is 17.2. The molecule has 1 fully saturated rings. The van der Waals surface area contributed by atoms with E-state index < -0.39 is 0 Å². The lowest BCUT2D eigenvalue weighted by molar-refractivity contribution is 0.0555. The highest BCUT2D eigenvalue weighted by Gasteiger charge is 2.24. The molecule has 3 rings (SSSR count). The number of amides is 1. The lowest BCUT2D eigenvalue weighted by Crippen LogP contribution is -2.50. The van der Waals surface area contributed by atoms with Gasteiger partial charge in [0.25, 0.3) is 5.91 Å². The van der Waals surface area contributed by atoms with Gasteiger partial charge in [-0.25, -0.2) is 0 Å². The smallest absolute Gasteiger partial charge is 0.254 e. The number of aliphatic hydroxyl groups is 1. The highest BCUT2D eigenvalue weighted by Crippen LogP contribution is 2.22. The van der Waals surface area contributed by atoms with E-state index in [-0.39, 0.29) is 12.0 Å². The van der Waals surface area contributed by atoms with Crippen molar-refractivity contribution in [3.05, 3.63) is 41.1 Å². The maximum atomic E-state index is 13.0. The van der Waals surface area contributed by atoms with Gasteiger partial charge in [0, 0.05) is 43.8 Å². The Kier molecular flexibility index (Phi) is 4.83. The summed E-state index contributed by atoms with van der Waals surface area (Å²) in [5, 5.41) is 10.4. The second-order valence-corrected chi connectivity index (χ2v) is 6.77. The molecule has 0 bridgehead atoms. The quantitative estimate of drug-likeness (QED) is 0.937. The van der Waals surface area contributed by atoms with E-state index in [1.165, 1.54) is 0 Å². The predicted molar refractivity (Wildman–Crippen MR) is 95.2 cm³/mol. The fourth-order valence-corrected chi connectivity index (χ4v) is 3.33. The number of fused-ring (bicyclic) bond motifs is 1. The van der Waals surface area contributed by atoms with Crippen LogP contribution in [0.15, 0.2) is 24.3 Å². The van der Waals surface area contributed by atoms with Gasteiger partial charge >= 0.3 is 0 Å². The van der Waals surface area contributed by atoms with Gasteiger partial charge in [0.2, 0.25) is 0 Å². The van der Waals surface area contributed by atoms with E-state index in [0.29, 0.717) is 19.6 Å². The van der Waals surface area contributed by atoms with Gasteiger partial charge in [0.1, 0.15) is 0 Å². The minimum Gasteiger partial charge on any atom is -0.392 e. The van der Waals surface area contributed by atoms with E-state index in [1.54, 1.807) is 6.92 Å². The van der Waals surface area contributed by atoms with Gasteiger partial charge in [0.15, 0.2) is 0 Å². The summed E-state index contributed by atoms with van der Waals surface area (Å²) in [4.78, 5) is 21.7. The summed E-state index contributed by atoms with van der Waals surface area (Å²) in [7, 11) is 0. The molecular weight excluding hydrogens is 302 g/mol. The van der Waals surface area contributed by atoms with Crippen molar-refractivity contribution in [1.29, 1.82) is 0 Å². The Morgan fingerprint density at radius 3 is 2.58 bits per heavy atom. The van der Waals surface area contributed by atoms with Crippen LogP contribution in [0.2, 0.25) is 0 Å². The molecule has 1 amide bonds. The number of aromatic nitrogens is 1. The third-order valence-corrected chi connectivity index (χ3v) is 4.50. The lowest BCUT2D eigenvalue weighted by atomic mass is 10.0. The maximum Gasteiger partial charge on any atom is 0.254 e. The van der Waals surface area contributed by atoms with Crippen molar-refractivity contribution < 1.29 is 9.90 Å². The van der Waals surface area contributed by atoms with Crippen LogP contribution in [-0.4, -0.2) is 64.6 Å². The topological polar surface area (TPSA) is 56.7 Å². The second kappa shape index (κ2) is 6.87. The highest BCUT2D eigenvalue weighted by molar-refractivity contribution is 6.06. The second-order valence-electron chi connectivity index (χ2n) is 6.77. The van der Waals surface area contributed by atoms with Gasteiger partial charge in [-0.3, -0.25) is 14.7 Å². The van der Waals surface area contributed by atoms with Gasteiger partial charge in [-0.2, -0.15) is 0 Å². The Morgan fingerprint density at radius 1 is 1.21 bits per heavy atom. The summed E-state index contributed by atoms with van der Waals surface area (Å²) >= 11 is 0. The molecule has 1 aliphatic heterocycles. The number of carbonyl (C=O) groups excluding carboxylic acids is 1. The van der Waals surface area contributed by atoms with Gasteiger partial charge in [-0.05, 0) is 39.0 Å². The first kappa shape index (κ1) is 16.9. The Morgan fingerprint density at radius 2 is 1.92 bits per heavy atom. The van der Waals surface area contributed by atoms with E-state index in [9.17, 15) is 9.90 Å². The Balaban J connectivity index is 1.83. The number of β-amino-alcohol motifs (C(OH)–C–C–N with tert-alkyl or cyclic N) is 1. The molecule has 1 atom stereocenters.